The van der Waals surface area contributed by atoms with E-state index in [4.69, 9.17) is 14.2 Å². The van der Waals surface area contributed by atoms with Gasteiger partial charge in [0, 0.05) is 0 Å². The Morgan fingerprint density at radius 3 is 2.33 bits per heavy atom. The summed E-state index contributed by atoms with van der Waals surface area (Å²) in [4.78, 5) is 13.0. The van der Waals surface area contributed by atoms with Gasteiger partial charge in [-0.3, -0.25) is 9.10 Å². The molecule has 11 heteroatoms. The maximum absolute atomic E-state index is 13.7. The second kappa shape index (κ2) is 14.7. The van der Waals surface area contributed by atoms with Crippen molar-refractivity contribution in [1.82, 2.24) is 5.43 Å². The minimum atomic E-state index is -4.12. The summed E-state index contributed by atoms with van der Waals surface area (Å²) in [5.41, 5.74) is 5.40. The van der Waals surface area contributed by atoms with Gasteiger partial charge in [0.25, 0.3) is 15.9 Å². The molecule has 0 bridgehead atoms. The molecule has 0 unspecified atom stereocenters. The number of aryl methyl sites for hydroxylation is 1. The number of nitrogens with one attached hydrogen (secondary N) is 1. The number of sulfonamides is 1. The molecule has 1 N–H and O–H groups in total. The highest BCUT2D eigenvalue weighted by Gasteiger charge is 2.28. The molecule has 0 aliphatic heterocycles. The van der Waals surface area contributed by atoms with E-state index in [1.54, 1.807) is 48.5 Å². The predicted molar refractivity (Wildman–Crippen MR) is 171 cm³/mol. The van der Waals surface area contributed by atoms with Crippen LogP contribution in [0.25, 0.3) is 0 Å². The monoisotopic (exact) mass is 665 g/mol. The average Bonchev–Trinajstić information content (AvgIpc) is 3.00. The Kier molecular flexibility index (Phi) is 10.8. The summed E-state index contributed by atoms with van der Waals surface area (Å²) in [6, 6.07) is 26.4. The molecule has 0 aliphatic rings. The van der Waals surface area contributed by atoms with Gasteiger partial charge in [-0.25, -0.2) is 13.8 Å². The molecule has 4 aromatic carbocycles. The fourth-order valence-electron chi connectivity index (χ4n) is 4.03. The van der Waals surface area contributed by atoms with E-state index in [1.807, 2.05) is 44.2 Å². The number of halogens is 1. The molecule has 0 saturated heterocycles. The molecule has 9 nitrogen and oxygen atoms in total. The molecule has 0 spiro atoms. The van der Waals surface area contributed by atoms with Crippen LogP contribution in [0.15, 0.2) is 105 Å². The van der Waals surface area contributed by atoms with E-state index in [0.29, 0.717) is 46.2 Å². The highest BCUT2D eigenvalue weighted by Crippen LogP contribution is 2.31. The summed E-state index contributed by atoms with van der Waals surface area (Å²) in [5.74, 6) is 0.976. The zero-order valence-electron chi connectivity index (χ0n) is 24.0. The first kappa shape index (κ1) is 31.6. The third-order valence-corrected chi connectivity index (χ3v) is 8.62. The highest BCUT2D eigenvalue weighted by molar-refractivity contribution is 9.10. The summed E-state index contributed by atoms with van der Waals surface area (Å²) < 4.78 is 45.8. The van der Waals surface area contributed by atoms with Crippen LogP contribution < -0.4 is 23.9 Å². The Morgan fingerprint density at radius 2 is 1.65 bits per heavy atom. The Bertz CT molecular complexity index is 1680. The molecule has 4 aromatic rings. The van der Waals surface area contributed by atoms with Crippen molar-refractivity contribution in [3.8, 4) is 17.2 Å². The summed E-state index contributed by atoms with van der Waals surface area (Å²) in [6.45, 7) is 4.10. The van der Waals surface area contributed by atoms with Crippen molar-refractivity contribution in [3.63, 3.8) is 0 Å². The van der Waals surface area contributed by atoms with Crippen molar-refractivity contribution in [2.45, 2.75) is 25.3 Å². The fourth-order valence-corrected chi connectivity index (χ4v) is 6.17. The van der Waals surface area contributed by atoms with Gasteiger partial charge in [-0.1, -0.05) is 48.0 Å². The van der Waals surface area contributed by atoms with Gasteiger partial charge in [-0.2, -0.15) is 5.10 Å². The maximum Gasteiger partial charge on any atom is 0.264 e. The van der Waals surface area contributed by atoms with E-state index in [1.165, 1.54) is 25.5 Å². The molecule has 0 heterocycles. The molecular formula is C32H32BrN3O6S. The fraction of sp³-hybridized carbons (Fsp3) is 0.188. The lowest BCUT2D eigenvalue weighted by Gasteiger charge is -2.24. The molecular weight excluding hydrogens is 634 g/mol. The minimum Gasteiger partial charge on any atom is -0.496 e. The number of hydrazone groups is 1. The number of methoxy groups -OCH3 is 1. The summed E-state index contributed by atoms with van der Waals surface area (Å²) in [5, 5.41) is 4.05. The van der Waals surface area contributed by atoms with Crippen LogP contribution >= 0.6 is 15.9 Å². The Morgan fingerprint density at radius 1 is 0.930 bits per heavy atom. The molecule has 224 valence electrons. The molecule has 0 atom stereocenters. The number of carbonyl (C=O) groups excluding carboxylic acids is 1. The summed E-state index contributed by atoms with van der Waals surface area (Å²) in [7, 11) is -2.63. The van der Waals surface area contributed by atoms with E-state index in [-0.39, 0.29) is 4.90 Å². The Hall–Kier alpha value is -4.35. The molecule has 0 aliphatic carbocycles. The van der Waals surface area contributed by atoms with Gasteiger partial charge in [0.1, 0.15) is 18.9 Å². The van der Waals surface area contributed by atoms with Crippen LogP contribution in [0.5, 0.6) is 17.2 Å². The van der Waals surface area contributed by atoms with Crippen LogP contribution in [0.3, 0.4) is 0 Å². The second-order valence-corrected chi connectivity index (χ2v) is 12.1. The number of anilines is 1. The number of benzene rings is 4. The third kappa shape index (κ3) is 8.36. The van der Waals surface area contributed by atoms with E-state index in [2.05, 4.69) is 26.5 Å². The second-order valence-electron chi connectivity index (χ2n) is 9.35. The van der Waals surface area contributed by atoms with E-state index in [9.17, 15) is 13.2 Å². The van der Waals surface area contributed by atoms with E-state index in [0.717, 1.165) is 15.4 Å². The molecule has 0 aromatic heterocycles. The van der Waals surface area contributed by atoms with Crippen molar-refractivity contribution >= 4 is 43.8 Å². The molecule has 0 saturated carbocycles. The summed E-state index contributed by atoms with van der Waals surface area (Å²) in [6.07, 6.45) is 1.45. The van der Waals surface area contributed by atoms with Crippen molar-refractivity contribution in [2.75, 3.05) is 24.6 Å². The number of hydrogen-bond donors (Lipinski definition) is 1. The number of nitrogens with zero attached hydrogens (tertiary/aromatic N) is 2. The smallest absolute Gasteiger partial charge is 0.264 e. The van der Waals surface area contributed by atoms with Gasteiger partial charge in [0.15, 0.2) is 11.5 Å². The largest absolute Gasteiger partial charge is 0.496 e. The normalized spacial score (nSPS) is 11.3. The molecule has 43 heavy (non-hydrogen) atoms. The number of ether oxygens (including phenoxy) is 3. The average molecular weight is 667 g/mol. The number of hydrogen-bond acceptors (Lipinski definition) is 7. The van der Waals surface area contributed by atoms with Gasteiger partial charge in [0.2, 0.25) is 0 Å². The standard InChI is InChI=1S/C32H32BrN3O6S/c1-4-41-31-18-25(12-16-30(31)42-22-24-8-6-5-7-9-24)20-34-35-32(37)21-36(26-13-10-23(2)11-14-26)43(38,39)27-15-17-29(40-3)28(33)19-27/h5-20H,4,21-22H2,1-3H3,(H,35,37)/b34-20-. The van der Waals surface area contributed by atoms with Crippen molar-refractivity contribution in [1.29, 1.82) is 0 Å². The zero-order chi connectivity index (χ0) is 30.8. The SMILES string of the molecule is CCOc1cc(/C=N\NC(=O)CN(c2ccc(C)cc2)S(=O)(=O)c2ccc(OC)c(Br)c2)ccc1OCc1ccccc1. The number of rotatable bonds is 13. The quantitative estimate of drug-likeness (QED) is 0.137. The first-order valence-corrected chi connectivity index (χ1v) is 15.6. The lowest BCUT2D eigenvalue weighted by molar-refractivity contribution is -0.119. The van der Waals surface area contributed by atoms with Crippen LogP contribution in [-0.4, -0.2) is 40.8 Å². The Balaban J connectivity index is 1.49. The van der Waals surface area contributed by atoms with Crippen molar-refractivity contribution in [2.24, 2.45) is 5.10 Å². The molecule has 0 fully saturated rings. The van der Waals surface area contributed by atoms with Crippen LogP contribution in [0.2, 0.25) is 0 Å². The topological polar surface area (TPSA) is 107 Å². The van der Waals surface area contributed by atoms with Gasteiger partial charge in [-0.15, -0.1) is 0 Å². The maximum atomic E-state index is 13.7. The first-order valence-electron chi connectivity index (χ1n) is 13.4. The van der Waals surface area contributed by atoms with Crippen molar-refractivity contribution in [3.05, 3.63) is 112 Å². The summed E-state index contributed by atoms with van der Waals surface area (Å²) >= 11 is 3.34. The highest BCUT2D eigenvalue weighted by atomic mass is 79.9. The van der Waals surface area contributed by atoms with Crippen LogP contribution in [-0.2, 0) is 21.4 Å². The van der Waals surface area contributed by atoms with Gasteiger partial charge >= 0.3 is 0 Å². The van der Waals surface area contributed by atoms with Crippen LogP contribution in [0.1, 0.15) is 23.6 Å². The first-order chi connectivity index (χ1) is 20.7. The van der Waals surface area contributed by atoms with Gasteiger partial charge in [0.05, 0.1) is 35.0 Å². The van der Waals surface area contributed by atoms with E-state index < -0.39 is 22.5 Å². The van der Waals surface area contributed by atoms with E-state index >= 15 is 0 Å². The lowest BCUT2D eigenvalue weighted by atomic mass is 10.2. The van der Waals surface area contributed by atoms with Crippen molar-refractivity contribution < 1.29 is 27.4 Å². The van der Waals surface area contributed by atoms with Gasteiger partial charge in [-0.05, 0) is 89.4 Å². The number of amides is 1. The van der Waals surface area contributed by atoms with Gasteiger partial charge < -0.3 is 14.2 Å². The van der Waals surface area contributed by atoms with Crippen LogP contribution in [0, 0.1) is 6.92 Å². The third-order valence-electron chi connectivity index (χ3n) is 6.23. The zero-order valence-corrected chi connectivity index (χ0v) is 26.4. The minimum absolute atomic E-state index is 0.00456. The molecule has 0 radical (unpaired) electrons. The Labute approximate surface area is 260 Å². The number of carbonyl (C=O) groups is 1. The van der Waals surface area contributed by atoms with Crippen LogP contribution in [0.4, 0.5) is 5.69 Å². The predicted octanol–water partition coefficient (Wildman–Crippen LogP) is 6.09. The molecule has 1 amide bonds. The molecule has 4 rings (SSSR count). The lowest BCUT2D eigenvalue weighted by Crippen LogP contribution is -2.39.